The molecule has 0 amide bonds. The topological polar surface area (TPSA) is 51.6 Å². The number of aromatic nitrogens is 1. The molecule has 0 fully saturated rings. The van der Waals surface area contributed by atoms with Crippen molar-refractivity contribution in [1.29, 1.82) is 0 Å². The number of ether oxygens (including phenoxy) is 2. The van der Waals surface area contributed by atoms with Crippen LogP contribution in [0.3, 0.4) is 0 Å². The van der Waals surface area contributed by atoms with Crippen LogP contribution in [0.15, 0.2) is 23.6 Å². The quantitative estimate of drug-likeness (QED) is 0.923. The second-order valence-corrected chi connectivity index (χ2v) is 4.68. The summed E-state index contributed by atoms with van der Waals surface area (Å²) in [6.07, 6.45) is -0.546. The molecule has 4 nitrogen and oxygen atoms in total. The van der Waals surface area contributed by atoms with Gasteiger partial charge in [0.15, 0.2) is 11.5 Å². The Balaban J connectivity index is 2.38. The Hall–Kier alpha value is -1.59. The fourth-order valence-corrected chi connectivity index (χ4v) is 2.48. The molecule has 1 atom stereocenters. The summed E-state index contributed by atoms with van der Waals surface area (Å²) in [6.45, 7) is 1.70. The highest BCUT2D eigenvalue weighted by molar-refractivity contribution is 7.13. The van der Waals surface area contributed by atoms with Gasteiger partial charge in [-0.15, -0.1) is 11.3 Å². The maximum absolute atomic E-state index is 9.47. The summed E-state index contributed by atoms with van der Waals surface area (Å²) in [5, 5.41) is 12.2. The lowest BCUT2D eigenvalue weighted by atomic mass is 10.2. The first-order valence-electron chi connectivity index (χ1n) is 5.51. The minimum atomic E-state index is -0.546. The van der Waals surface area contributed by atoms with E-state index in [0.29, 0.717) is 17.2 Å². The van der Waals surface area contributed by atoms with E-state index >= 15 is 0 Å². The van der Waals surface area contributed by atoms with Crippen molar-refractivity contribution in [2.45, 2.75) is 13.0 Å². The van der Waals surface area contributed by atoms with Crippen LogP contribution < -0.4 is 9.47 Å². The summed E-state index contributed by atoms with van der Waals surface area (Å²) < 4.78 is 10.4. The van der Waals surface area contributed by atoms with Crippen LogP contribution in [0.5, 0.6) is 11.5 Å². The van der Waals surface area contributed by atoms with E-state index in [2.05, 4.69) is 4.98 Å². The molecular formula is C13H15NO3S. The van der Waals surface area contributed by atoms with E-state index in [1.165, 1.54) is 11.3 Å². The second-order valence-electron chi connectivity index (χ2n) is 3.82. The maximum Gasteiger partial charge on any atom is 0.161 e. The van der Waals surface area contributed by atoms with Gasteiger partial charge in [0.25, 0.3) is 0 Å². The van der Waals surface area contributed by atoms with Gasteiger partial charge >= 0.3 is 0 Å². The summed E-state index contributed by atoms with van der Waals surface area (Å²) >= 11 is 1.50. The molecule has 0 radical (unpaired) electrons. The number of hydrogen-bond donors (Lipinski definition) is 1. The number of aliphatic hydroxyl groups is 1. The van der Waals surface area contributed by atoms with Gasteiger partial charge in [0.05, 0.1) is 26.0 Å². The minimum Gasteiger partial charge on any atom is -0.493 e. The monoisotopic (exact) mass is 265 g/mol. The molecule has 96 valence electrons. The van der Waals surface area contributed by atoms with E-state index in [1.807, 2.05) is 23.6 Å². The van der Waals surface area contributed by atoms with Crippen LogP contribution >= 0.6 is 11.3 Å². The smallest absolute Gasteiger partial charge is 0.161 e. The van der Waals surface area contributed by atoms with E-state index in [1.54, 1.807) is 21.1 Å². The van der Waals surface area contributed by atoms with Crippen molar-refractivity contribution in [1.82, 2.24) is 4.98 Å². The first kappa shape index (κ1) is 12.9. The molecule has 18 heavy (non-hydrogen) atoms. The zero-order valence-corrected chi connectivity index (χ0v) is 11.3. The highest BCUT2D eigenvalue weighted by Crippen LogP contribution is 2.34. The largest absolute Gasteiger partial charge is 0.493 e. The van der Waals surface area contributed by atoms with Gasteiger partial charge < -0.3 is 14.6 Å². The summed E-state index contributed by atoms with van der Waals surface area (Å²) in [7, 11) is 3.21. The molecule has 1 aromatic carbocycles. The standard InChI is InChI=1S/C13H15NO3S/c1-8(15)10-7-18-13(14-10)9-4-5-11(16-2)12(6-9)17-3/h4-8,15H,1-3H3. The molecule has 0 aliphatic rings. The van der Waals surface area contributed by atoms with Crippen molar-refractivity contribution in [3.63, 3.8) is 0 Å². The van der Waals surface area contributed by atoms with Gasteiger partial charge in [-0.2, -0.15) is 0 Å². The molecule has 1 heterocycles. The maximum atomic E-state index is 9.47. The van der Waals surface area contributed by atoms with Gasteiger partial charge in [-0.3, -0.25) is 0 Å². The summed E-state index contributed by atoms with van der Waals surface area (Å²) in [5.74, 6) is 1.36. The van der Waals surface area contributed by atoms with Gasteiger partial charge in [0.2, 0.25) is 0 Å². The Morgan fingerprint density at radius 2 is 1.94 bits per heavy atom. The molecular weight excluding hydrogens is 250 g/mol. The van der Waals surface area contributed by atoms with Crippen LogP contribution in [0.1, 0.15) is 18.7 Å². The molecule has 0 saturated heterocycles. The third-order valence-corrected chi connectivity index (χ3v) is 3.49. The summed E-state index contributed by atoms with van der Waals surface area (Å²) in [4.78, 5) is 4.38. The Kier molecular flexibility index (Phi) is 3.84. The summed E-state index contributed by atoms with van der Waals surface area (Å²) in [5.41, 5.74) is 1.63. The first-order chi connectivity index (χ1) is 8.65. The molecule has 0 aliphatic heterocycles. The van der Waals surface area contributed by atoms with Crippen LogP contribution in [0.25, 0.3) is 10.6 Å². The third kappa shape index (κ3) is 2.47. The fourth-order valence-electron chi connectivity index (χ4n) is 1.58. The van der Waals surface area contributed by atoms with Gasteiger partial charge in [-0.05, 0) is 25.1 Å². The predicted molar refractivity (Wildman–Crippen MR) is 71.3 cm³/mol. The Morgan fingerprint density at radius 1 is 1.22 bits per heavy atom. The predicted octanol–water partition coefficient (Wildman–Crippen LogP) is 2.88. The zero-order chi connectivity index (χ0) is 13.1. The van der Waals surface area contributed by atoms with Gasteiger partial charge in [-0.25, -0.2) is 4.98 Å². The number of hydrogen-bond acceptors (Lipinski definition) is 5. The van der Waals surface area contributed by atoms with Crippen LogP contribution in [0.4, 0.5) is 0 Å². The van der Waals surface area contributed by atoms with E-state index in [0.717, 1.165) is 10.6 Å². The first-order valence-corrected chi connectivity index (χ1v) is 6.39. The number of aliphatic hydroxyl groups excluding tert-OH is 1. The SMILES string of the molecule is COc1ccc(-c2nc(C(C)O)cs2)cc1OC. The van der Waals surface area contributed by atoms with Gasteiger partial charge in [0, 0.05) is 10.9 Å². The van der Waals surface area contributed by atoms with Crippen LogP contribution in [-0.4, -0.2) is 24.3 Å². The van der Waals surface area contributed by atoms with Crippen molar-refractivity contribution in [2.75, 3.05) is 14.2 Å². The van der Waals surface area contributed by atoms with E-state index in [9.17, 15) is 5.11 Å². The number of benzene rings is 1. The second kappa shape index (κ2) is 5.37. The van der Waals surface area contributed by atoms with Gasteiger partial charge in [-0.1, -0.05) is 0 Å². The van der Waals surface area contributed by atoms with Crippen LogP contribution in [0.2, 0.25) is 0 Å². The lowest BCUT2D eigenvalue weighted by Crippen LogP contribution is -1.92. The molecule has 0 aliphatic carbocycles. The normalized spacial score (nSPS) is 12.2. The third-order valence-electron chi connectivity index (χ3n) is 2.58. The Bertz CT molecular complexity index is 537. The molecule has 5 heteroatoms. The van der Waals surface area contributed by atoms with E-state index < -0.39 is 6.10 Å². The highest BCUT2D eigenvalue weighted by atomic mass is 32.1. The lowest BCUT2D eigenvalue weighted by Gasteiger charge is -2.08. The average molecular weight is 265 g/mol. The average Bonchev–Trinajstić information content (AvgIpc) is 2.87. The zero-order valence-electron chi connectivity index (χ0n) is 10.5. The lowest BCUT2D eigenvalue weighted by molar-refractivity contribution is 0.195. The van der Waals surface area contributed by atoms with Crippen molar-refractivity contribution in [2.24, 2.45) is 0 Å². The van der Waals surface area contributed by atoms with E-state index in [-0.39, 0.29) is 0 Å². The molecule has 0 spiro atoms. The Morgan fingerprint density at radius 3 is 2.50 bits per heavy atom. The molecule has 1 aromatic heterocycles. The number of thiazole rings is 1. The Labute approximate surface area is 110 Å². The molecule has 0 bridgehead atoms. The number of nitrogens with zero attached hydrogens (tertiary/aromatic N) is 1. The summed E-state index contributed by atoms with van der Waals surface area (Å²) in [6, 6.07) is 5.65. The van der Waals surface area contributed by atoms with Crippen molar-refractivity contribution < 1.29 is 14.6 Å². The van der Waals surface area contributed by atoms with Crippen molar-refractivity contribution in [3.8, 4) is 22.1 Å². The van der Waals surface area contributed by atoms with Crippen molar-refractivity contribution >= 4 is 11.3 Å². The molecule has 1 unspecified atom stereocenters. The van der Waals surface area contributed by atoms with Gasteiger partial charge in [0.1, 0.15) is 5.01 Å². The van der Waals surface area contributed by atoms with Crippen molar-refractivity contribution in [3.05, 3.63) is 29.3 Å². The van der Waals surface area contributed by atoms with E-state index in [4.69, 9.17) is 9.47 Å². The number of rotatable bonds is 4. The minimum absolute atomic E-state index is 0.546. The number of methoxy groups -OCH3 is 2. The molecule has 2 rings (SSSR count). The van der Waals surface area contributed by atoms with Crippen LogP contribution in [-0.2, 0) is 0 Å². The molecule has 2 aromatic rings. The highest BCUT2D eigenvalue weighted by Gasteiger charge is 2.11. The van der Waals surface area contributed by atoms with Crippen LogP contribution in [0, 0.1) is 0 Å². The molecule has 1 N–H and O–H groups in total. The molecule has 0 saturated carbocycles. The fraction of sp³-hybridized carbons (Fsp3) is 0.308.